The number of hydrogen-bond acceptors (Lipinski definition) is 17. The van der Waals surface area contributed by atoms with Gasteiger partial charge in [-0.05, 0) is 98.0 Å². The van der Waals surface area contributed by atoms with Crippen molar-refractivity contribution in [1.29, 1.82) is 5.26 Å². The van der Waals surface area contributed by atoms with Crippen molar-refractivity contribution in [2.24, 2.45) is 29.4 Å². The zero-order chi connectivity index (χ0) is 68.3. The van der Waals surface area contributed by atoms with Crippen LogP contribution in [0.4, 0.5) is 27.5 Å². The van der Waals surface area contributed by atoms with E-state index in [1.165, 1.54) is 15.4 Å². The molecule has 24 heteroatoms. The number of alkyl carbamates (subject to hydrolysis) is 1. The van der Waals surface area contributed by atoms with Gasteiger partial charge in [0.25, 0.3) is 23.6 Å². The number of rotatable bonds is 18. The summed E-state index contributed by atoms with van der Waals surface area (Å²) in [6.45, 7) is 30.4. The number of anilines is 2. The Hall–Kier alpha value is -9.90. The Morgan fingerprint density at radius 3 is 1.47 bits per heavy atom. The van der Waals surface area contributed by atoms with Crippen LogP contribution in [0.1, 0.15) is 86.8 Å². The lowest BCUT2D eigenvalue weighted by Crippen LogP contribution is -2.56. The Kier molecular flexibility index (Phi) is 24.9. The molecule has 5 aliphatic heterocycles. The Morgan fingerprint density at radius 2 is 1.03 bits per heavy atom. The van der Waals surface area contributed by atoms with E-state index >= 15 is 0 Å². The predicted molar refractivity (Wildman–Crippen MR) is 354 cm³/mol. The highest BCUT2D eigenvalue weighted by atomic mass is 16.6. The molecule has 3 saturated heterocycles. The fraction of sp³-hybridized carbons (Fsp3) is 0.437. The number of ether oxygens (including phenoxy) is 3. The zero-order valence-corrected chi connectivity index (χ0v) is 54.2. The predicted octanol–water partition coefficient (Wildman–Crippen LogP) is 5.99. The maximum Gasteiger partial charge on any atom is 0.407 e. The van der Waals surface area contributed by atoms with Gasteiger partial charge in [0.2, 0.25) is 23.6 Å². The van der Waals surface area contributed by atoms with E-state index in [0.29, 0.717) is 94.6 Å². The van der Waals surface area contributed by atoms with E-state index in [-0.39, 0.29) is 24.5 Å². The Balaban J connectivity index is 0.000000177. The molecule has 8 N–H and O–H groups in total. The number of fused-ring (bicyclic) bond motifs is 2. The maximum atomic E-state index is 13.4. The van der Waals surface area contributed by atoms with Crippen LogP contribution >= 0.6 is 0 Å². The number of nitriles is 1. The largest absolute Gasteiger partial charge is 0.448 e. The van der Waals surface area contributed by atoms with Crippen LogP contribution in [0.2, 0.25) is 0 Å². The standard InChI is InChI=1S/C27H28N4O6.C23H24N4O4.C12H14N2.C9H18N2O2/c1-17(32)36-24(25(37-18(2)33)27(35)31-15-20-8-4-5-9-21(20)16-31)26(34)29-12-19-13-30(14-19)23-11-7-6-10-22(23)28-3;1-24-18-8-4-5-9-19(18)26-11-15(12-26)10-25-22(30)20(28)21(29)23(31)27-13-16-6-2-3-7-17(16)14-27;13-7-9-5-11(6-9)12-4-2-1-3-10(12)8-14;1-9(2,3)13-8(12)11-6-7-4-10-5-7/h4-11,19,24-25H,12-16H2,1-2H3,(H,29,34);2-9,15,20-21,28-29H,10-14H2,(H,25,30);1-4,9,11H,5-7,13H2;7,10H,4-6H2,1-3H3,(H,11,12)/t24-,25-;20-,21-;;/m11../s1. The molecule has 4 fully saturated rings. The first-order valence-corrected chi connectivity index (χ1v) is 31.8. The number of nitrogens with zero attached hydrogens (tertiary/aromatic N) is 7. The molecule has 95 heavy (non-hydrogen) atoms. The quantitative estimate of drug-likeness (QED) is 0.0301. The summed E-state index contributed by atoms with van der Waals surface area (Å²) in [5, 5.41) is 40.6. The molecule has 5 heterocycles. The third kappa shape index (κ3) is 19.4. The van der Waals surface area contributed by atoms with Gasteiger partial charge in [-0.3, -0.25) is 28.8 Å². The first kappa shape index (κ1) is 71.0. The molecular formula is C71H84N12O12. The molecule has 0 spiro atoms. The molecule has 500 valence electrons. The Labute approximate surface area is 554 Å². The van der Waals surface area contributed by atoms with Crippen molar-refractivity contribution in [1.82, 2.24) is 31.1 Å². The van der Waals surface area contributed by atoms with Crippen LogP contribution in [-0.2, 0) is 69.2 Å². The third-order valence-corrected chi connectivity index (χ3v) is 17.1. The number of amides is 5. The second kappa shape index (κ2) is 33.3. The number of nitrogens with two attached hydrogens (primary N) is 1. The second-order valence-electron chi connectivity index (χ2n) is 25.5. The molecular weight excluding hydrogens is 1210 g/mol. The summed E-state index contributed by atoms with van der Waals surface area (Å²) in [5.41, 5.74) is 14.0. The van der Waals surface area contributed by atoms with Gasteiger partial charge in [-0.25, -0.2) is 14.5 Å². The number of aliphatic hydroxyl groups excluding tert-OH is 2. The van der Waals surface area contributed by atoms with Gasteiger partial charge in [0.15, 0.2) is 12.2 Å². The minimum atomic E-state index is -1.82. The summed E-state index contributed by atoms with van der Waals surface area (Å²) < 4.78 is 15.6. The molecule has 0 radical (unpaired) electrons. The van der Waals surface area contributed by atoms with Crippen molar-refractivity contribution in [3.8, 4) is 6.07 Å². The number of benzene rings is 5. The zero-order valence-electron chi connectivity index (χ0n) is 54.2. The molecule has 0 bridgehead atoms. The highest BCUT2D eigenvalue weighted by molar-refractivity contribution is 5.94. The number of carbonyl (C=O) groups excluding carboxylic acids is 7. The van der Waals surface area contributed by atoms with Gasteiger partial charge >= 0.3 is 18.0 Å². The summed E-state index contributed by atoms with van der Waals surface area (Å²) in [6.07, 6.45) is -4.90. The number of carbonyl (C=O) groups is 7. The molecule has 11 rings (SSSR count). The van der Waals surface area contributed by atoms with E-state index in [2.05, 4.69) is 48.0 Å². The van der Waals surface area contributed by atoms with E-state index in [9.17, 15) is 43.8 Å². The Morgan fingerprint density at radius 1 is 0.600 bits per heavy atom. The van der Waals surface area contributed by atoms with Crippen molar-refractivity contribution in [2.75, 3.05) is 75.2 Å². The first-order valence-electron chi connectivity index (χ1n) is 31.8. The van der Waals surface area contributed by atoms with Gasteiger partial charge in [0.05, 0.1) is 24.8 Å². The van der Waals surface area contributed by atoms with Crippen LogP contribution in [0, 0.1) is 48.1 Å². The Bertz CT molecular complexity index is 3620. The highest BCUT2D eigenvalue weighted by Crippen LogP contribution is 2.42. The van der Waals surface area contributed by atoms with Gasteiger partial charge in [-0.2, -0.15) is 5.26 Å². The van der Waals surface area contributed by atoms with Crippen LogP contribution in [0.15, 0.2) is 121 Å². The number of para-hydroxylation sites is 4. The molecule has 4 atom stereocenters. The summed E-state index contributed by atoms with van der Waals surface area (Å²) in [5.74, 6) is -2.23. The van der Waals surface area contributed by atoms with Crippen LogP contribution < -0.4 is 36.8 Å². The van der Waals surface area contributed by atoms with Crippen molar-refractivity contribution in [3.63, 3.8) is 0 Å². The summed E-state index contributed by atoms with van der Waals surface area (Å²) in [6, 6.07) is 39.9. The number of aliphatic hydroxyl groups is 2. The summed E-state index contributed by atoms with van der Waals surface area (Å²) in [7, 11) is 0. The molecule has 0 aromatic heterocycles. The van der Waals surface area contributed by atoms with Crippen molar-refractivity contribution in [3.05, 3.63) is 178 Å². The summed E-state index contributed by atoms with van der Waals surface area (Å²) >= 11 is 0. The van der Waals surface area contributed by atoms with E-state index in [1.807, 2.05) is 129 Å². The number of nitrogens with one attached hydrogen (secondary N) is 4. The average Bonchev–Trinajstić information content (AvgIpc) is 0.933. The van der Waals surface area contributed by atoms with E-state index < -0.39 is 65.6 Å². The molecule has 1 aliphatic carbocycles. The molecule has 5 aromatic rings. The lowest BCUT2D eigenvalue weighted by Gasteiger charge is -2.42. The number of esters is 2. The van der Waals surface area contributed by atoms with Crippen molar-refractivity contribution < 1.29 is 58.0 Å². The van der Waals surface area contributed by atoms with Crippen LogP contribution in [-0.4, -0.2) is 157 Å². The monoisotopic (exact) mass is 1300 g/mol. The van der Waals surface area contributed by atoms with E-state index in [4.69, 9.17) is 38.4 Å². The molecule has 6 aliphatic rings. The van der Waals surface area contributed by atoms with E-state index in [0.717, 1.165) is 85.5 Å². The van der Waals surface area contributed by atoms with Crippen molar-refractivity contribution in [2.45, 2.75) is 110 Å². The summed E-state index contributed by atoms with van der Waals surface area (Å²) in [4.78, 5) is 100. The molecule has 24 nitrogen and oxygen atoms in total. The first-order chi connectivity index (χ1) is 45.6. The van der Waals surface area contributed by atoms with Gasteiger partial charge in [0.1, 0.15) is 5.60 Å². The fourth-order valence-corrected chi connectivity index (χ4v) is 11.8. The maximum absolute atomic E-state index is 13.4. The molecule has 5 aromatic carbocycles. The van der Waals surface area contributed by atoms with Crippen LogP contribution in [0.5, 0.6) is 0 Å². The topological polar surface area (TPSA) is 307 Å². The number of hydrogen-bond donors (Lipinski definition) is 7. The average molecular weight is 1300 g/mol. The molecule has 1 saturated carbocycles. The van der Waals surface area contributed by atoms with Gasteiger partial charge in [-0.1, -0.05) is 103 Å². The molecule has 0 unspecified atom stereocenters. The third-order valence-electron chi connectivity index (χ3n) is 17.1. The minimum absolute atomic E-state index is 0.0941. The normalized spacial score (nSPS) is 18.0. The van der Waals surface area contributed by atoms with Crippen molar-refractivity contribution >= 4 is 64.4 Å². The molecule has 5 amide bonds. The van der Waals surface area contributed by atoms with Gasteiger partial charge < -0.3 is 71.0 Å². The van der Waals surface area contributed by atoms with Crippen LogP contribution in [0.25, 0.3) is 9.69 Å². The smallest absolute Gasteiger partial charge is 0.407 e. The lowest BCUT2D eigenvalue weighted by molar-refractivity contribution is -0.178. The van der Waals surface area contributed by atoms with Gasteiger partial charge in [0, 0.05) is 128 Å². The lowest BCUT2D eigenvalue weighted by atomic mass is 9.70. The highest BCUT2D eigenvalue weighted by Gasteiger charge is 2.44. The second-order valence-corrected chi connectivity index (χ2v) is 25.5. The fourth-order valence-electron chi connectivity index (χ4n) is 11.8. The van der Waals surface area contributed by atoms with E-state index in [1.54, 1.807) is 12.1 Å². The minimum Gasteiger partial charge on any atom is -0.448 e. The van der Waals surface area contributed by atoms with Gasteiger partial charge in [-0.15, -0.1) is 0 Å². The van der Waals surface area contributed by atoms with Crippen LogP contribution in [0.3, 0.4) is 0 Å². The SMILES string of the molecule is CC(C)(C)OC(=O)NCC1CNC1.N#Cc1ccccc1C1CC(CN)C1.[C-]#[N+]c1ccccc1N1CC(CNC(=O)[C@H](O)[C@@H](O)C(=O)N2Cc3ccccc3C2)C1.[C-]#[N+]c1ccccc1N1CC(CNC(=O)[C@H](OC(C)=O)[C@@H](OC(C)=O)C(=O)N2Cc3ccccc3C2)C1.